The fourth-order valence-electron chi connectivity index (χ4n) is 6.17. The van der Waals surface area contributed by atoms with Crippen LogP contribution in [0, 0.1) is 24.7 Å². The molecule has 0 aromatic carbocycles. The molecule has 182 valence electrons. The quantitative estimate of drug-likeness (QED) is 0.408. The van der Waals surface area contributed by atoms with E-state index in [4.69, 9.17) is 0 Å². The largest absolute Gasteiger partial charge is 0.0533 e. The highest BCUT2D eigenvalue weighted by atomic mass is 14.2. The minimum Gasteiger partial charge on any atom is -0.0533 e. The molecule has 31 heavy (non-hydrogen) atoms. The molecule has 2 saturated carbocycles. The van der Waals surface area contributed by atoms with Gasteiger partial charge >= 0.3 is 0 Å². The fourth-order valence-corrected chi connectivity index (χ4v) is 6.17. The first kappa shape index (κ1) is 27.2. The average molecular weight is 431 g/mol. The second-order valence-electron chi connectivity index (χ2n) is 11.2. The third-order valence-electron chi connectivity index (χ3n) is 8.25. The fraction of sp³-hybridized carbons (Fsp3) is 0.935. The predicted molar refractivity (Wildman–Crippen MR) is 140 cm³/mol. The van der Waals surface area contributed by atoms with E-state index >= 15 is 0 Å². The van der Waals surface area contributed by atoms with Crippen LogP contribution in [0.1, 0.15) is 173 Å². The summed E-state index contributed by atoms with van der Waals surface area (Å²) in [5, 5.41) is 0. The maximum absolute atomic E-state index is 2.58. The molecule has 0 saturated heterocycles. The molecule has 0 spiro atoms. The lowest BCUT2D eigenvalue weighted by Crippen LogP contribution is -2.11. The average Bonchev–Trinajstić information content (AvgIpc) is 2.79. The Morgan fingerprint density at radius 2 is 0.581 bits per heavy atom. The molecule has 2 rings (SSSR count). The molecule has 2 aliphatic carbocycles. The minimum atomic E-state index is 1.04. The standard InChI is InChI=1S/C31H58/c1-2-6-10-14-18-22-26-30(25-21-17-13-9-5-1)29-31-27-23-19-15-11-7-3-4-8-12-16-20-24-28-31/h1,3,30-31H,2,4-29H2. The maximum Gasteiger partial charge on any atom is -0.0386 e. The van der Waals surface area contributed by atoms with Crippen molar-refractivity contribution in [3.05, 3.63) is 12.8 Å². The van der Waals surface area contributed by atoms with Crippen LogP contribution in [0.25, 0.3) is 0 Å². The Balaban J connectivity index is 1.78. The van der Waals surface area contributed by atoms with Crippen LogP contribution in [0.2, 0.25) is 0 Å². The van der Waals surface area contributed by atoms with E-state index in [1.54, 1.807) is 19.3 Å². The van der Waals surface area contributed by atoms with E-state index in [2.05, 4.69) is 12.8 Å². The van der Waals surface area contributed by atoms with Crippen LogP contribution in [-0.2, 0) is 0 Å². The van der Waals surface area contributed by atoms with Gasteiger partial charge in [-0.1, -0.05) is 167 Å². The summed E-state index contributed by atoms with van der Waals surface area (Å²) in [5.74, 6) is 2.08. The lowest BCUT2D eigenvalue weighted by molar-refractivity contribution is 0.282. The molecular weight excluding hydrogens is 372 g/mol. The van der Waals surface area contributed by atoms with Crippen molar-refractivity contribution >= 4 is 0 Å². The van der Waals surface area contributed by atoms with Gasteiger partial charge in [0.05, 0.1) is 0 Å². The van der Waals surface area contributed by atoms with Gasteiger partial charge in [0.2, 0.25) is 0 Å². The summed E-state index contributed by atoms with van der Waals surface area (Å²) in [5.41, 5.74) is 0. The summed E-state index contributed by atoms with van der Waals surface area (Å²) in [6, 6.07) is 0. The summed E-state index contributed by atoms with van der Waals surface area (Å²) in [6.07, 6.45) is 45.1. The highest BCUT2D eigenvalue weighted by molar-refractivity contribution is 4.71. The van der Waals surface area contributed by atoms with E-state index in [9.17, 15) is 0 Å². The van der Waals surface area contributed by atoms with Crippen molar-refractivity contribution in [1.29, 1.82) is 0 Å². The molecule has 0 aromatic rings. The van der Waals surface area contributed by atoms with Crippen molar-refractivity contribution in [2.24, 2.45) is 11.8 Å². The van der Waals surface area contributed by atoms with Gasteiger partial charge in [-0.25, -0.2) is 0 Å². The molecule has 0 heteroatoms. The van der Waals surface area contributed by atoms with Gasteiger partial charge in [-0.2, -0.15) is 0 Å². The van der Waals surface area contributed by atoms with Crippen LogP contribution in [0.3, 0.4) is 0 Å². The second kappa shape index (κ2) is 20.6. The molecule has 0 aliphatic heterocycles. The Hall–Kier alpha value is 0. The third-order valence-corrected chi connectivity index (χ3v) is 8.25. The third kappa shape index (κ3) is 16.3. The molecule has 2 atom stereocenters. The first-order chi connectivity index (χ1) is 15.4. The zero-order valence-electron chi connectivity index (χ0n) is 21.4. The Kier molecular flexibility index (Phi) is 18.1. The first-order valence-corrected chi connectivity index (χ1v) is 15.1. The predicted octanol–water partition coefficient (Wildman–Crippen LogP) is 11.2. The van der Waals surface area contributed by atoms with Crippen LogP contribution in [0.5, 0.6) is 0 Å². The summed E-state index contributed by atoms with van der Waals surface area (Å²) in [4.78, 5) is 0. The van der Waals surface area contributed by atoms with Gasteiger partial charge in [0.15, 0.2) is 0 Å². The Morgan fingerprint density at radius 1 is 0.323 bits per heavy atom. The molecule has 0 N–H and O–H groups in total. The minimum absolute atomic E-state index is 1.04. The van der Waals surface area contributed by atoms with Crippen LogP contribution in [-0.4, -0.2) is 0 Å². The number of rotatable bonds is 2. The van der Waals surface area contributed by atoms with Gasteiger partial charge in [-0.15, -0.1) is 0 Å². The molecule has 0 nitrogen and oxygen atoms in total. The van der Waals surface area contributed by atoms with E-state index in [1.165, 1.54) is 154 Å². The van der Waals surface area contributed by atoms with E-state index in [1.807, 2.05) is 0 Å². The molecule has 2 unspecified atom stereocenters. The molecule has 2 radical (unpaired) electrons. The summed E-state index contributed by atoms with van der Waals surface area (Å²) in [7, 11) is 0. The van der Waals surface area contributed by atoms with Crippen molar-refractivity contribution < 1.29 is 0 Å². The molecule has 2 aliphatic rings. The topological polar surface area (TPSA) is 0 Å². The molecule has 0 amide bonds. The number of hydrogen-bond acceptors (Lipinski definition) is 0. The molecule has 0 bridgehead atoms. The van der Waals surface area contributed by atoms with Crippen LogP contribution < -0.4 is 0 Å². The first-order valence-electron chi connectivity index (χ1n) is 15.1. The van der Waals surface area contributed by atoms with E-state index in [0.29, 0.717) is 0 Å². The van der Waals surface area contributed by atoms with E-state index < -0.39 is 0 Å². The van der Waals surface area contributed by atoms with Gasteiger partial charge in [0, 0.05) is 0 Å². The monoisotopic (exact) mass is 430 g/mol. The van der Waals surface area contributed by atoms with Gasteiger partial charge in [0.25, 0.3) is 0 Å². The van der Waals surface area contributed by atoms with E-state index in [-0.39, 0.29) is 0 Å². The van der Waals surface area contributed by atoms with Gasteiger partial charge in [-0.05, 0) is 31.1 Å². The Labute approximate surface area is 198 Å². The summed E-state index contributed by atoms with van der Waals surface area (Å²) >= 11 is 0. The Morgan fingerprint density at radius 3 is 0.903 bits per heavy atom. The molecule has 0 aromatic heterocycles. The summed E-state index contributed by atoms with van der Waals surface area (Å²) < 4.78 is 0. The van der Waals surface area contributed by atoms with E-state index in [0.717, 1.165) is 11.8 Å². The lowest BCUT2D eigenvalue weighted by Gasteiger charge is -2.24. The van der Waals surface area contributed by atoms with Crippen molar-refractivity contribution in [1.82, 2.24) is 0 Å². The Bertz CT molecular complexity index is 293. The normalized spacial score (nSPS) is 25.5. The van der Waals surface area contributed by atoms with Gasteiger partial charge in [0.1, 0.15) is 0 Å². The lowest BCUT2D eigenvalue weighted by atomic mass is 9.82. The highest BCUT2D eigenvalue weighted by Crippen LogP contribution is 2.31. The maximum atomic E-state index is 2.58. The van der Waals surface area contributed by atoms with Crippen molar-refractivity contribution in [2.75, 3.05) is 0 Å². The van der Waals surface area contributed by atoms with Crippen LogP contribution in [0.15, 0.2) is 0 Å². The van der Waals surface area contributed by atoms with Crippen molar-refractivity contribution in [3.63, 3.8) is 0 Å². The smallest absolute Gasteiger partial charge is 0.0386 e. The number of hydrogen-bond donors (Lipinski definition) is 0. The molecule has 2 fully saturated rings. The second-order valence-corrected chi connectivity index (χ2v) is 11.2. The molecular formula is C31H58. The zero-order valence-corrected chi connectivity index (χ0v) is 21.4. The van der Waals surface area contributed by atoms with Gasteiger partial charge < -0.3 is 0 Å². The van der Waals surface area contributed by atoms with Gasteiger partial charge in [-0.3, -0.25) is 0 Å². The highest BCUT2D eigenvalue weighted by Gasteiger charge is 2.17. The summed E-state index contributed by atoms with van der Waals surface area (Å²) in [6.45, 7) is 0. The van der Waals surface area contributed by atoms with Crippen LogP contribution in [0.4, 0.5) is 0 Å². The zero-order chi connectivity index (χ0) is 21.7. The van der Waals surface area contributed by atoms with Crippen molar-refractivity contribution in [3.8, 4) is 0 Å². The SMILES string of the molecule is [CH]1CCCCCCCC(CC2CCCCCC[CH]CCCCCCC2)CCCCCC1. The molecule has 0 heterocycles. The van der Waals surface area contributed by atoms with Crippen molar-refractivity contribution in [2.45, 2.75) is 173 Å². The van der Waals surface area contributed by atoms with Crippen LogP contribution >= 0.6 is 0 Å².